The second kappa shape index (κ2) is 11.8. The lowest BCUT2D eigenvalue weighted by molar-refractivity contribution is -0.384. The molecule has 2 aliphatic rings. The zero-order valence-electron chi connectivity index (χ0n) is 20.5. The molecule has 2 aliphatic heterocycles. The van der Waals surface area contributed by atoms with Crippen molar-refractivity contribution in [2.75, 3.05) is 19.8 Å². The molecule has 0 aromatic heterocycles. The van der Waals surface area contributed by atoms with Crippen LogP contribution in [0.3, 0.4) is 0 Å². The number of aromatic hydroxyl groups is 2. The van der Waals surface area contributed by atoms with Gasteiger partial charge in [-0.25, -0.2) is 4.79 Å². The van der Waals surface area contributed by atoms with E-state index in [1.807, 2.05) is 6.92 Å². The molecule has 2 heterocycles. The molecule has 10 N–H and O–H groups in total. The van der Waals surface area contributed by atoms with E-state index in [1.54, 1.807) is 0 Å². The van der Waals surface area contributed by atoms with Crippen LogP contribution in [0.25, 0.3) is 0 Å². The average molecular weight is 551 g/mol. The highest BCUT2D eigenvalue weighted by atomic mass is 16.8. The van der Waals surface area contributed by atoms with Crippen molar-refractivity contribution in [1.29, 1.82) is 0 Å². The van der Waals surface area contributed by atoms with Crippen LogP contribution in [0.1, 0.15) is 42.1 Å². The third-order valence-electron chi connectivity index (χ3n) is 6.61. The Hall–Kier alpha value is -2.31. The molecule has 0 bridgehead atoms. The number of ether oxygens (including phenoxy) is 4. The first-order valence-electron chi connectivity index (χ1n) is 12.0. The van der Waals surface area contributed by atoms with E-state index < -0.39 is 91.4 Å². The molecule has 1 aromatic carbocycles. The normalized spacial score (nSPS) is 35.4. The van der Waals surface area contributed by atoms with E-state index in [-0.39, 0.29) is 17.5 Å². The molecule has 3 rings (SSSR count). The first-order valence-corrected chi connectivity index (χ1v) is 12.0. The van der Waals surface area contributed by atoms with Crippen LogP contribution < -0.4 is 4.74 Å². The molecule has 8 atom stereocenters. The number of carboxylic acid groups (broad SMARTS) is 1. The number of carbonyl (C=O) groups is 1. The summed E-state index contributed by atoms with van der Waals surface area (Å²) in [6.45, 7) is -0.571. The Morgan fingerprint density at radius 1 is 1.11 bits per heavy atom. The number of rotatable bonds is 11. The molecule has 0 saturated carbocycles. The van der Waals surface area contributed by atoms with Crippen molar-refractivity contribution in [3.8, 4) is 17.2 Å². The zero-order chi connectivity index (χ0) is 28.4. The van der Waals surface area contributed by atoms with Gasteiger partial charge in [-0.15, -0.1) is 0 Å². The molecule has 15 heteroatoms. The largest absolute Gasteiger partial charge is 0.504 e. The van der Waals surface area contributed by atoms with E-state index in [1.165, 1.54) is 0 Å². The van der Waals surface area contributed by atoms with Crippen LogP contribution >= 0.6 is 0 Å². The molecular weight excluding hydrogens is 516 g/mol. The number of hydrogen-bond acceptors (Lipinski definition) is 14. The molecule has 8 unspecified atom stereocenters. The van der Waals surface area contributed by atoms with E-state index in [0.717, 1.165) is 12.5 Å². The first kappa shape index (κ1) is 30.2. The van der Waals surface area contributed by atoms with Gasteiger partial charge in [-0.05, 0) is 18.9 Å². The summed E-state index contributed by atoms with van der Waals surface area (Å²) in [5.41, 5.74) is -2.63. The lowest BCUT2D eigenvalue weighted by Crippen LogP contribution is -2.61. The number of phenolic OH excluding ortho intramolecular Hbond substituents is 2. The Bertz CT molecular complexity index is 988. The summed E-state index contributed by atoms with van der Waals surface area (Å²) >= 11 is 0. The summed E-state index contributed by atoms with van der Waals surface area (Å²) in [7, 11) is 0. The number of aliphatic hydroxyl groups is 7. The molecule has 0 amide bonds. The van der Waals surface area contributed by atoms with E-state index in [4.69, 9.17) is 18.9 Å². The minimum atomic E-state index is -2.83. The van der Waals surface area contributed by atoms with Crippen LogP contribution in [0.15, 0.2) is 6.07 Å². The van der Waals surface area contributed by atoms with E-state index in [9.17, 15) is 55.9 Å². The zero-order valence-corrected chi connectivity index (χ0v) is 20.5. The summed E-state index contributed by atoms with van der Waals surface area (Å²) in [5, 5.41) is 101. The molecule has 216 valence electrons. The molecule has 0 aliphatic carbocycles. The van der Waals surface area contributed by atoms with Crippen LogP contribution in [0.5, 0.6) is 17.2 Å². The van der Waals surface area contributed by atoms with Gasteiger partial charge in [0.2, 0.25) is 12.0 Å². The Kier molecular flexibility index (Phi) is 9.41. The third-order valence-corrected chi connectivity index (χ3v) is 6.61. The van der Waals surface area contributed by atoms with Crippen LogP contribution in [0, 0.1) is 0 Å². The monoisotopic (exact) mass is 550 g/mol. The fraction of sp³-hybridized carbons (Fsp3) is 0.696. The number of aliphatic hydroxyl groups excluding tert-OH is 5. The summed E-state index contributed by atoms with van der Waals surface area (Å²) in [6.07, 6.45) is -9.15. The molecule has 15 nitrogen and oxygen atoms in total. The van der Waals surface area contributed by atoms with Crippen LogP contribution in [-0.4, -0.2) is 125 Å². The van der Waals surface area contributed by atoms with Crippen molar-refractivity contribution >= 4 is 5.97 Å². The van der Waals surface area contributed by atoms with Crippen molar-refractivity contribution in [1.82, 2.24) is 0 Å². The lowest BCUT2D eigenvalue weighted by Gasteiger charge is -2.41. The average Bonchev–Trinajstić information content (AvgIpc) is 3.12. The number of hydrogen-bond donors (Lipinski definition) is 10. The second-order valence-corrected chi connectivity index (χ2v) is 9.39. The molecule has 0 spiro atoms. The Balaban J connectivity index is 1.85. The van der Waals surface area contributed by atoms with Crippen molar-refractivity contribution in [3.63, 3.8) is 0 Å². The predicted molar refractivity (Wildman–Crippen MR) is 122 cm³/mol. The summed E-state index contributed by atoms with van der Waals surface area (Å²) in [4.78, 5) is 11.8. The quantitative estimate of drug-likeness (QED) is 0.0775. The van der Waals surface area contributed by atoms with E-state index in [0.29, 0.717) is 12.8 Å². The van der Waals surface area contributed by atoms with Gasteiger partial charge in [0.25, 0.3) is 0 Å². The van der Waals surface area contributed by atoms with Gasteiger partial charge >= 0.3 is 11.9 Å². The maximum Gasteiger partial charge on any atom is 0.336 e. The smallest absolute Gasteiger partial charge is 0.336 e. The number of unbranched alkanes of at least 4 members (excludes halogenated alkanes) is 2. The molecule has 38 heavy (non-hydrogen) atoms. The van der Waals surface area contributed by atoms with Gasteiger partial charge in [0.15, 0.2) is 17.6 Å². The van der Waals surface area contributed by atoms with Crippen molar-refractivity contribution in [2.24, 2.45) is 0 Å². The van der Waals surface area contributed by atoms with Crippen molar-refractivity contribution in [2.45, 2.75) is 81.0 Å². The highest BCUT2D eigenvalue weighted by molar-refractivity contribution is 5.91. The Morgan fingerprint density at radius 3 is 2.37 bits per heavy atom. The van der Waals surface area contributed by atoms with Gasteiger partial charge in [-0.3, -0.25) is 0 Å². The van der Waals surface area contributed by atoms with Gasteiger partial charge in [0.05, 0.1) is 25.4 Å². The SMILES string of the molecule is CCCCCc1c(C(=O)O)cc(O)c(O)c1OC1OC(COC2(O)OCC(O)(CO)C2O)C(O)C(O)C1O. The lowest BCUT2D eigenvalue weighted by atomic mass is 9.97. The summed E-state index contributed by atoms with van der Waals surface area (Å²) < 4.78 is 21.0. The summed E-state index contributed by atoms with van der Waals surface area (Å²) in [6, 6.07) is 0.848. The van der Waals surface area contributed by atoms with Gasteiger partial charge in [-0.1, -0.05) is 19.8 Å². The third kappa shape index (κ3) is 5.81. The standard InChI is InChI=1S/C23H34O15/c1-2-3-4-5-10-11(19(30)31)6-12(25)14(26)18(10)38-20-17(29)16(28)15(27)13(37-20)7-35-23(34)21(32)22(33,8-24)9-36-23/h6,13,15-17,20-21,24-29,32-34H,2-5,7-9H2,1H3,(H,30,31). The first-order chi connectivity index (χ1) is 17.8. The minimum Gasteiger partial charge on any atom is -0.504 e. The van der Waals surface area contributed by atoms with Gasteiger partial charge in [-0.2, -0.15) is 0 Å². The van der Waals surface area contributed by atoms with E-state index >= 15 is 0 Å². The number of carboxylic acids is 1. The fourth-order valence-corrected chi connectivity index (χ4v) is 4.24. The van der Waals surface area contributed by atoms with Crippen molar-refractivity contribution in [3.05, 3.63) is 17.2 Å². The maximum atomic E-state index is 11.8. The van der Waals surface area contributed by atoms with Crippen LogP contribution in [0.2, 0.25) is 0 Å². The Morgan fingerprint density at radius 2 is 1.79 bits per heavy atom. The topological polar surface area (TPSA) is 256 Å². The summed E-state index contributed by atoms with van der Waals surface area (Å²) in [5.74, 6) is -6.44. The highest BCUT2D eigenvalue weighted by Gasteiger charge is 2.59. The van der Waals surface area contributed by atoms with E-state index in [2.05, 4.69) is 0 Å². The number of aromatic carboxylic acids is 1. The highest BCUT2D eigenvalue weighted by Crippen LogP contribution is 2.43. The molecule has 2 saturated heterocycles. The van der Waals surface area contributed by atoms with Crippen molar-refractivity contribution < 1.29 is 74.8 Å². The Labute approximate surface area is 216 Å². The van der Waals surface area contributed by atoms with Gasteiger partial charge in [0, 0.05) is 5.56 Å². The molecule has 2 fully saturated rings. The van der Waals surface area contributed by atoms with Gasteiger partial charge in [0.1, 0.15) is 30.0 Å². The number of phenols is 2. The second-order valence-electron chi connectivity index (χ2n) is 9.39. The molecule has 1 aromatic rings. The maximum absolute atomic E-state index is 11.8. The minimum absolute atomic E-state index is 0.00876. The predicted octanol–water partition coefficient (Wildman–Crippen LogP) is -2.51. The number of benzene rings is 1. The van der Waals surface area contributed by atoms with Gasteiger partial charge < -0.3 is 70.0 Å². The van der Waals surface area contributed by atoms with Crippen LogP contribution in [0.4, 0.5) is 0 Å². The molecular formula is C23H34O15. The molecule has 0 radical (unpaired) electrons. The van der Waals surface area contributed by atoms with Crippen LogP contribution in [-0.2, 0) is 20.6 Å². The fourth-order valence-electron chi connectivity index (χ4n) is 4.24.